The minimum atomic E-state index is -0.152. The predicted molar refractivity (Wildman–Crippen MR) is 145 cm³/mol. The van der Waals surface area contributed by atoms with Crippen molar-refractivity contribution in [3.05, 3.63) is 80.3 Å². The number of benzene rings is 2. The first-order valence-electron chi connectivity index (χ1n) is 12.6. The van der Waals surface area contributed by atoms with Gasteiger partial charge in [-0.25, -0.2) is 0 Å². The van der Waals surface area contributed by atoms with Gasteiger partial charge in [-0.05, 0) is 65.7 Å². The van der Waals surface area contributed by atoms with Crippen molar-refractivity contribution in [2.24, 2.45) is 17.8 Å². The quantitative estimate of drug-likeness (QED) is 0.441. The Morgan fingerprint density at radius 1 is 1.03 bits per heavy atom. The van der Waals surface area contributed by atoms with Crippen LogP contribution in [0.25, 0.3) is 0 Å². The van der Waals surface area contributed by atoms with Crippen LogP contribution < -0.4 is 10.2 Å². The molecule has 3 aromatic rings. The fraction of sp³-hybridized carbons (Fsp3) is 0.448. The lowest BCUT2D eigenvalue weighted by atomic mass is 9.74. The van der Waals surface area contributed by atoms with Crippen molar-refractivity contribution in [3.63, 3.8) is 0 Å². The van der Waals surface area contributed by atoms with E-state index < -0.39 is 0 Å². The highest BCUT2D eigenvalue weighted by molar-refractivity contribution is 8.00. The van der Waals surface area contributed by atoms with E-state index in [1.807, 2.05) is 42.1 Å². The van der Waals surface area contributed by atoms with Crippen LogP contribution in [0.4, 0.5) is 5.69 Å². The second kappa shape index (κ2) is 8.67. The highest BCUT2D eigenvalue weighted by Gasteiger charge is 2.55. The Hall–Kier alpha value is -2.31. The maximum atomic E-state index is 13.2. The Morgan fingerprint density at radius 2 is 1.74 bits per heavy atom. The van der Waals surface area contributed by atoms with Gasteiger partial charge in [-0.3, -0.25) is 14.2 Å². The Morgan fingerprint density at radius 3 is 2.46 bits per heavy atom. The maximum absolute atomic E-state index is 13.2. The highest BCUT2D eigenvalue weighted by atomic mass is 32.2. The van der Waals surface area contributed by atoms with Crippen LogP contribution in [0.15, 0.2) is 64.4 Å². The smallest absolute Gasteiger partial charge is 0.308 e. The topological polar surface area (TPSA) is 51.1 Å². The van der Waals surface area contributed by atoms with E-state index in [9.17, 15) is 9.59 Å². The number of amides is 1. The number of carbonyl (C=O) groups is 1. The van der Waals surface area contributed by atoms with Gasteiger partial charge >= 0.3 is 4.87 Å². The first-order valence-corrected chi connectivity index (χ1v) is 14.3. The van der Waals surface area contributed by atoms with Gasteiger partial charge in [0.05, 0.1) is 5.03 Å². The second-order valence-electron chi connectivity index (χ2n) is 11.4. The molecule has 0 radical (unpaired) electrons. The molecule has 1 aromatic heterocycles. The molecule has 2 saturated carbocycles. The van der Waals surface area contributed by atoms with Gasteiger partial charge in [-0.1, -0.05) is 74.6 Å². The Balaban J connectivity index is 1.37. The second-order valence-corrected chi connectivity index (χ2v) is 13.5. The predicted octanol–water partition coefficient (Wildman–Crippen LogP) is 6.50. The number of aromatic nitrogens is 1. The number of rotatable bonds is 4. The molecule has 6 rings (SSSR count). The summed E-state index contributed by atoms with van der Waals surface area (Å²) in [6, 6.07) is 18.6. The number of thiazole rings is 1. The zero-order chi connectivity index (χ0) is 24.3. The van der Waals surface area contributed by atoms with Crippen LogP contribution in [0.3, 0.4) is 0 Å². The first-order chi connectivity index (χ1) is 16.8. The van der Waals surface area contributed by atoms with Crippen molar-refractivity contribution in [1.29, 1.82) is 0 Å². The molecule has 2 aliphatic carbocycles. The molecule has 0 spiro atoms. The van der Waals surface area contributed by atoms with Gasteiger partial charge < -0.3 is 5.32 Å². The molecule has 2 fully saturated rings. The number of thioether (sulfide) groups is 1. The summed E-state index contributed by atoms with van der Waals surface area (Å²) in [5.41, 5.74) is 3.53. The van der Waals surface area contributed by atoms with E-state index >= 15 is 0 Å². The molecule has 35 heavy (non-hydrogen) atoms. The molecule has 0 saturated heterocycles. The van der Waals surface area contributed by atoms with Crippen LogP contribution in [0.2, 0.25) is 0 Å². The lowest BCUT2D eigenvalue weighted by molar-refractivity contribution is -0.116. The summed E-state index contributed by atoms with van der Waals surface area (Å²) < 4.78 is 1.74. The number of carbonyl (C=O) groups excluding carboxylic acids is 1. The summed E-state index contributed by atoms with van der Waals surface area (Å²) in [6.45, 7) is 6.80. The van der Waals surface area contributed by atoms with Crippen LogP contribution in [0.1, 0.15) is 62.0 Å². The molecular weight excluding hydrogens is 472 g/mol. The van der Waals surface area contributed by atoms with Crippen molar-refractivity contribution in [3.8, 4) is 0 Å². The van der Waals surface area contributed by atoms with Gasteiger partial charge in [0, 0.05) is 21.7 Å². The van der Waals surface area contributed by atoms with Crippen LogP contribution in [-0.2, 0) is 16.8 Å². The zero-order valence-corrected chi connectivity index (χ0v) is 22.1. The van der Waals surface area contributed by atoms with Crippen molar-refractivity contribution in [2.75, 3.05) is 5.32 Å². The van der Waals surface area contributed by atoms with E-state index in [1.165, 1.54) is 46.6 Å². The molecule has 1 N–H and O–H groups in total. The third-order valence-corrected chi connectivity index (χ3v) is 11.0. The van der Waals surface area contributed by atoms with Gasteiger partial charge in [0.15, 0.2) is 0 Å². The fourth-order valence-corrected chi connectivity index (χ4v) is 9.67. The SMILES string of the molecule is CC(C)(C)c1ccc(C2c3sc(=O)n(CC(=O)Nc4ccccc4)c3SC3C4CCC(C4)C23)cc1. The maximum Gasteiger partial charge on any atom is 0.308 e. The zero-order valence-electron chi connectivity index (χ0n) is 20.5. The molecule has 2 bridgehead atoms. The van der Waals surface area contributed by atoms with Gasteiger partial charge in [0.25, 0.3) is 0 Å². The van der Waals surface area contributed by atoms with E-state index in [-0.39, 0.29) is 28.7 Å². The van der Waals surface area contributed by atoms with E-state index in [4.69, 9.17) is 0 Å². The van der Waals surface area contributed by atoms with E-state index in [2.05, 4.69) is 50.4 Å². The average molecular weight is 505 g/mol. The average Bonchev–Trinajstić information content (AvgIpc) is 3.52. The molecule has 2 heterocycles. The summed E-state index contributed by atoms with van der Waals surface area (Å²) >= 11 is 3.25. The summed E-state index contributed by atoms with van der Waals surface area (Å²) in [4.78, 5) is 27.3. The number of nitrogens with zero attached hydrogens (tertiary/aromatic N) is 1. The highest BCUT2D eigenvalue weighted by Crippen LogP contribution is 2.64. The summed E-state index contributed by atoms with van der Waals surface area (Å²) in [5, 5.41) is 4.51. The Labute approximate surface area is 215 Å². The molecule has 2 aromatic carbocycles. The van der Waals surface area contributed by atoms with Crippen molar-refractivity contribution in [2.45, 2.75) is 68.2 Å². The lowest BCUT2D eigenvalue weighted by Gasteiger charge is -2.40. The molecule has 3 aliphatic rings. The van der Waals surface area contributed by atoms with Crippen LogP contribution in [0, 0.1) is 17.8 Å². The molecule has 5 atom stereocenters. The molecule has 5 unspecified atom stereocenters. The normalized spacial score (nSPS) is 26.9. The standard InChI is InChI=1S/C29H32N2O2S2/c1-29(2,3)20-13-11-17(12-14-20)23-24-18-9-10-19(15-18)25(24)34-27-26(23)35-28(33)31(27)16-22(32)30-21-7-5-4-6-8-21/h4-8,11-14,18-19,23-25H,9-10,15-16H2,1-3H3,(H,30,32). The monoisotopic (exact) mass is 504 g/mol. The Kier molecular flexibility index (Phi) is 5.72. The minimum absolute atomic E-state index is 0.0191. The third-order valence-electron chi connectivity index (χ3n) is 8.19. The molecule has 6 heteroatoms. The summed E-state index contributed by atoms with van der Waals surface area (Å²) in [7, 11) is 0. The Bertz CT molecular complexity index is 1300. The van der Waals surface area contributed by atoms with Gasteiger partial charge in [0.1, 0.15) is 6.54 Å². The van der Waals surface area contributed by atoms with Crippen molar-refractivity contribution >= 4 is 34.7 Å². The van der Waals surface area contributed by atoms with Crippen LogP contribution in [-0.4, -0.2) is 15.7 Å². The number of hydrogen-bond acceptors (Lipinski definition) is 4. The van der Waals surface area contributed by atoms with E-state index in [1.54, 1.807) is 4.57 Å². The van der Waals surface area contributed by atoms with E-state index in [0.29, 0.717) is 11.2 Å². The molecule has 4 nitrogen and oxygen atoms in total. The van der Waals surface area contributed by atoms with Crippen LogP contribution >= 0.6 is 23.1 Å². The number of para-hydroxylation sites is 1. The molecule has 182 valence electrons. The van der Waals surface area contributed by atoms with Crippen molar-refractivity contribution < 1.29 is 4.79 Å². The molecule has 1 aliphatic heterocycles. The molecular formula is C29H32N2O2S2. The van der Waals surface area contributed by atoms with Crippen LogP contribution in [0.5, 0.6) is 0 Å². The summed E-state index contributed by atoms with van der Waals surface area (Å²) in [5.74, 6) is 2.14. The van der Waals surface area contributed by atoms with Gasteiger partial charge in [0.2, 0.25) is 5.91 Å². The van der Waals surface area contributed by atoms with Gasteiger partial charge in [-0.2, -0.15) is 0 Å². The third kappa shape index (κ3) is 4.09. The van der Waals surface area contributed by atoms with Crippen molar-refractivity contribution in [1.82, 2.24) is 4.57 Å². The summed E-state index contributed by atoms with van der Waals surface area (Å²) in [6.07, 6.45) is 3.92. The number of nitrogens with one attached hydrogen (secondary N) is 1. The number of fused-ring (bicyclic) bond motifs is 6. The lowest BCUT2D eigenvalue weighted by Crippen LogP contribution is -2.35. The number of hydrogen-bond donors (Lipinski definition) is 1. The van der Waals surface area contributed by atoms with E-state index in [0.717, 1.165) is 22.5 Å². The van der Waals surface area contributed by atoms with Gasteiger partial charge in [-0.15, -0.1) is 11.8 Å². The molecule has 1 amide bonds. The first kappa shape index (κ1) is 23.1. The largest absolute Gasteiger partial charge is 0.325 e. The minimum Gasteiger partial charge on any atom is -0.325 e. The number of anilines is 1. The fourth-order valence-electron chi connectivity index (χ4n) is 6.52.